The highest BCUT2D eigenvalue weighted by molar-refractivity contribution is 7.92. The minimum absolute atomic E-state index is 0.186. The summed E-state index contributed by atoms with van der Waals surface area (Å²) in [6.07, 6.45) is 2.07. The number of halogens is 1. The van der Waals surface area contributed by atoms with Crippen LogP contribution in [0.25, 0.3) is 34.0 Å². The molecule has 2 aromatic carbocycles. The minimum Gasteiger partial charge on any atom is -0.382 e. The molecule has 4 rings (SSSR count). The summed E-state index contributed by atoms with van der Waals surface area (Å²) in [5, 5.41) is 6.81. The first-order valence-corrected chi connectivity index (χ1v) is 13.6. The molecule has 4 aromatic rings. The third-order valence-electron chi connectivity index (χ3n) is 6.26. The summed E-state index contributed by atoms with van der Waals surface area (Å²) in [7, 11) is -3.38. The number of nitrogens with one attached hydrogen (secondary N) is 1. The Morgan fingerprint density at radius 3 is 2.32 bits per heavy atom. The standard InChI is InChI=1S/C27H30FN5O3S/c1-4-18(3)37(34,35)22-11-9-21(10-12-22)24-16-31-27(29)26(32-24)25-13-23(33-36-25)20-7-5-19(6-8-20)15-30-17(2)14-28/h5-13,16-18,30H,4,14-15H2,1-3H3,(H2,29,31). The Kier molecular flexibility index (Phi) is 7.99. The van der Waals surface area contributed by atoms with Crippen molar-refractivity contribution in [3.05, 3.63) is 66.4 Å². The van der Waals surface area contributed by atoms with Crippen LogP contribution in [0.3, 0.4) is 0 Å². The van der Waals surface area contributed by atoms with Crippen LogP contribution in [0, 0.1) is 0 Å². The fourth-order valence-corrected chi connectivity index (χ4v) is 5.07. The molecule has 2 atom stereocenters. The van der Waals surface area contributed by atoms with Gasteiger partial charge in [-0.1, -0.05) is 48.5 Å². The van der Waals surface area contributed by atoms with Crippen LogP contribution in [0.4, 0.5) is 10.2 Å². The predicted octanol–water partition coefficient (Wildman–Crippen LogP) is 5.07. The van der Waals surface area contributed by atoms with Crippen molar-refractivity contribution in [1.29, 1.82) is 0 Å². The van der Waals surface area contributed by atoms with Crippen molar-refractivity contribution >= 4 is 15.7 Å². The number of rotatable bonds is 10. The Morgan fingerprint density at radius 1 is 1.03 bits per heavy atom. The van der Waals surface area contributed by atoms with Gasteiger partial charge in [-0.2, -0.15) is 0 Å². The fourth-order valence-electron chi connectivity index (χ4n) is 3.65. The lowest BCUT2D eigenvalue weighted by Crippen LogP contribution is -2.27. The van der Waals surface area contributed by atoms with E-state index in [-0.39, 0.29) is 16.8 Å². The van der Waals surface area contributed by atoms with E-state index in [0.29, 0.717) is 41.4 Å². The molecular formula is C27H30FN5O3S. The second-order valence-electron chi connectivity index (χ2n) is 8.99. The smallest absolute Gasteiger partial charge is 0.189 e. The molecule has 0 aliphatic rings. The molecule has 0 amide bonds. The number of aromatic nitrogens is 3. The Morgan fingerprint density at radius 2 is 1.68 bits per heavy atom. The lowest BCUT2D eigenvalue weighted by atomic mass is 10.1. The summed E-state index contributed by atoms with van der Waals surface area (Å²) >= 11 is 0. The molecule has 0 saturated carbocycles. The number of anilines is 1. The number of hydrogen-bond acceptors (Lipinski definition) is 8. The van der Waals surface area contributed by atoms with Crippen LogP contribution in [-0.2, 0) is 16.4 Å². The SMILES string of the molecule is CCC(C)S(=O)(=O)c1ccc(-c2cnc(N)c(-c3cc(-c4ccc(CNC(C)CF)cc4)no3)n2)cc1. The molecule has 2 unspecified atom stereocenters. The topological polar surface area (TPSA) is 124 Å². The lowest BCUT2D eigenvalue weighted by molar-refractivity contribution is 0.391. The zero-order valence-electron chi connectivity index (χ0n) is 21.0. The molecule has 37 heavy (non-hydrogen) atoms. The number of hydrogen-bond donors (Lipinski definition) is 2. The first-order valence-electron chi connectivity index (χ1n) is 12.1. The summed E-state index contributed by atoms with van der Waals surface area (Å²) in [5.74, 6) is 0.547. The van der Waals surface area contributed by atoms with Gasteiger partial charge in [0.25, 0.3) is 0 Å². The summed E-state index contributed by atoms with van der Waals surface area (Å²) in [6, 6.07) is 15.8. The summed E-state index contributed by atoms with van der Waals surface area (Å²) < 4.78 is 43.4. The van der Waals surface area contributed by atoms with Crippen LogP contribution < -0.4 is 11.1 Å². The van der Waals surface area contributed by atoms with Crippen LogP contribution in [0.2, 0.25) is 0 Å². The van der Waals surface area contributed by atoms with Crippen LogP contribution in [0.5, 0.6) is 0 Å². The number of alkyl halides is 1. The van der Waals surface area contributed by atoms with Crippen molar-refractivity contribution in [3.8, 4) is 34.0 Å². The Balaban J connectivity index is 1.55. The Hall–Kier alpha value is -3.63. The highest BCUT2D eigenvalue weighted by atomic mass is 32.2. The van der Waals surface area contributed by atoms with E-state index in [1.54, 1.807) is 44.2 Å². The predicted molar refractivity (Wildman–Crippen MR) is 142 cm³/mol. The van der Waals surface area contributed by atoms with Crippen molar-refractivity contribution in [3.63, 3.8) is 0 Å². The third-order valence-corrected chi connectivity index (χ3v) is 8.59. The highest BCUT2D eigenvalue weighted by Crippen LogP contribution is 2.30. The van der Waals surface area contributed by atoms with Gasteiger partial charge in [-0.3, -0.25) is 0 Å². The third kappa shape index (κ3) is 5.86. The van der Waals surface area contributed by atoms with E-state index in [4.69, 9.17) is 10.3 Å². The fraction of sp³-hybridized carbons (Fsp3) is 0.296. The van der Waals surface area contributed by atoms with Gasteiger partial charge >= 0.3 is 0 Å². The molecule has 8 nitrogen and oxygen atoms in total. The van der Waals surface area contributed by atoms with E-state index in [1.807, 2.05) is 31.2 Å². The van der Waals surface area contributed by atoms with Crippen LogP contribution in [-0.4, -0.2) is 41.5 Å². The highest BCUT2D eigenvalue weighted by Gasteiger charge is 2.22. The average Bonchev–Trinajstić information content (AvgIpc) is 3.42. The van der Waals surface area contributed by atoms with Crippen molar-refractivity contribution < 1.29 is 17.3 Å². The van der Waals surface area contributed by atoms with E-state index in [1.165, 1.54) is 6.20 Å². The molecule has 0 aliphatic carbocycles. The Bertz CT molecular complexity index is 1450. The summed E-state index contributed by atoms with van der Waals surface area (Å²) in [4.78, 5) is 9.14. The number of sulfone groups is 1. The molecule has 0 saturated heterocycles. The number of nitrogens with zero attached hydrogens (tertiary/aromatic N) is 3. The maximum absolute atomic E-state index is 12.6. The molecule has 0 spiro atoms. The molecule has 0 bridgehead atoms. The van der Waals surface area contributed by atoms with E-state index in [2.05, 4.69) is 20.4 Å². The summed E-state index contributed by atoms with van der Waals surface area (Å²) in [6.45, 7) is 5.49. The maximum Gasteiger partial charge on any atom is 0.189 e. The van der Waals surface area contributed by atoms with Gasteiger partial charge in [-0.05, 0) is 38.0 Å². The average molecular weight is 524 g/mol. The zero-order valence-corrected chi connectivity index (χ0v) is 21.8. The number of nitrogens with two attached hydrogens (primary N) is 1. The van der Waals surface area contributed by atoms with Crippen molar-refractivity contribution in [2.24, 2.45) is 0 Å². The van der Waals surface area contributed by atoms with Gasteiger partial charge in [0.1, 0.15) is 12.4 Å². The molecular weight excluding hydrogens is 493 g/mol. The normalized spacial score (nSPS) is 13.4. The van der Waals surface area contributed by atoms with Crippen LogP contribution in [0.1, 0.15) is 32.8 Å². The van der Waals surface area contributed by atoms with E-state index in [0.717, 1.165) is 11.1 Å². The molecule has 0 radical (unpaired) electrons. The maximum atomic E-state index is 12.6. The Labute approximate surface area is 216 Å². The van der Waals surface area contributed by atoms with Gasteiger partial charge in [0, 0.05) is 29.8 Å². The van der Waals surface area contributed by atoms with Gasteiger partial charge in [-0.25, -0.2) is 22.8 Å². The number of benzene rings is 2. The van der Waals surface area contributed by atoms with Gasteiger partial charge in [-0.15, -0.1) is 0 Å². The second kappa shape index (κ2) is 11.2. The largest absolute Gasteiger partial charge is 0.382 e. The molecule has 0 fully saturated rings. The van der Waals surface area contributed by atoms with Crippen molar-refractivity contribution in [2.45, 2.75) is 49.9 Å². The van der Waals surface area contributed by atoms with E-state index >= 15 is 0 Å². The zero-order chi connectivity index (χ0) is 26.6. The van der Waals surface area contributed by atoms with Gasteiger partial charge in [0.2, 0.25) is 0 Å². The number of nitrogen functional groups attached to an aromatic ring is 1. The minimum atomic E-state index is -3.38. The molecule has 3 N–H and O–H groups in total. The lowest BCUT2D eigenvalue weighted by Gasteiger charge is -2.11. The van der Waals surface area contributed by atoms with Crippen LogP contribution >= 0.6 is 0 Å². The van der Waals surface area contributed by atoms with E-state index < -0.39 is 21.8 Å². The molecule has 0 aliphatic heterocycles. The van der Waals surface area contributed by atoms with Crippen molar-refractivity contribution in [2.75, 3.05) is 12.4 Å². The molecule has 2 heterocycles. The van der Waals surface area contributed by atoms with Gasteiger partial charge < -0.3 is 15.6 Å². The van der Waals surface area contributed by atoms with E-state index in [9.17, 15) is 12.8 Å². The van der Waals surface area contributed by atoms with Crippen LogP contribution in [0.15, 0.2) is 70.2 Å². The van der Waals surface area contributed by atoms with Gasteiger partial charge in [0.15, 0.2) is 27.1 Å². The first kappa shape index (κ1) is 26.4. The summed E-state index contributed by atoms with van der Waals surface area (Å²) in [5.41, 5.74) is 10.1. The second-order valence-corrected chi connectivity index (χ2v) is 11.4. The monoisotopic (exact) mass is 523 g/mol. The quantitative estimate of drug-likeness (QED) is 0.295. The molecule has 2 aromatic heterocycles. The first-order chi connectivity index (χ1) is 17.7. The van der Waals surface area contributed by atoms with Gasteiger partial charge in [0.05, 0.1) is 22.0 Å². The van der Waals surface area contributed by atoms with Crippen molar-refractivity contribution in [1.82, 2.24) is 20.4 Å². The molecule has 194 valence electrons. The molecule has 10 heteroatoms.